The number of nitro benzene ring substituents is 1. The number of carbonyl (C=O) groups excluding carboxylic acids is 2. The van der Waals surface area contributed by atoms with Gasteiger partial charge < -0.3 is 4.57 Å². The highest BCUT2D eigenvalue weighted by Crippen LogP contribution is 2.42. The van der Waals surface area contributed by atoms with Crippen LogP contribution in [-0.2, 0) is 7.05 Å². The maximum Gasteiger partial charge on any atom is 0.270 e. The zero-order chi connectivity index (χ0) is 20.4. The lowest BCUT2D eigenvalue weighted by Gasteiger charge is -2.10. The molecule has 7 nitrogen and oxygen atoms in total. The Labute approximate surface area is 168 Å². The minimum absolute atomic E-state index is 0.0846. The SMILES string of the molecule is Cn1c2ccc([N+](=O)[O-])cc2c2c3c(c(-c4ccccc4Cl)cc21)C(=O)NC3=O. The van der Waals surface area contributed by atoms with Crippen molar-refractivity contribution in [2.75, 3.05) is 0 Å². The number of nitrogens with one attached hydrogen (secondary N) is 1. The standard InChI is InChI=1S/C21H12ClN3O4/c1-24-15-7-6-10(25(28)29)8-13(15)17-16(24)9-12(11-4-2-3-5-14(11)22)18-19(17)21(27)23-20(18)26/h2-9H,1H3,(H,23,26,27). The molecule has 0 saturated carbocycles. The van der Waals surface area contributed by atoms with Crippen molar-refractivity contribution < 1.29 is 14.5 Å². The zero-order valence-corrected chi connectivity index (χ0v) is 15.8. The molecule has 1 aliphatic heterocycles. The molecule has 0 bridgehead atoms. The molecule has 1 N–H and O–H groups in total. The van der Waals surface area contributed by atoms with Gasteiger partial charge in [0.2, 0.25) is 0 Å². The number of hydrogen-bond acceptors (Lipinski definition) is 4. The lowest BCUT2D eigenvalue weighted by Crippen LogP contribution is -2.20. The van der Waals surface area contributed by atoms with E-state index >= 15 is 0 Å². The molecule has 0 saturated heterocycles. The quantitative estimate of drug-likeness (QED) is 0.303. The number of fused-ring (bicyclic) bond motifs is 5. The first-order valence-corrected chi connectivity index (χ1v) is 9.10. The van der Waals surface area contributed by atoms with Gasteiger partial charge in [0.1, 0.15) is 0 Å². The third-order valence-electron chi connectivity index (χ3n) is 5.33. The molecule has 0 unspecified atom stereocenters. The molecule has 1 aromatic heterocycles. The molecular formula is C21H12ClN3O4. The second-order valence-corrected chi connectivity index (χ2v) is 7.26. The van der Waals surface area contributed by atoms with Crippen molar-refractivity contribution in [3.05, 3.63) is 74.8 Å². The number of benzene rings is 3. The molecule has 0 spiro atoms. The Hall–Kier alpha value is -3.71. The van der Waals surface area contributed by atoms with Crippen LogP contribution in [0, 0.1) is 10.1 Å². The topological polar surface area (TPSA) is 94.2 Å². The van der Waals surface area contributed by atoms with E-state index in [2.05, 4.69) is 5.32 Å². The molecule has 142 valence electrons. The number of aryl methyl sites for hydroxylation is 1. The lowest BCUT2D eigenvalue weighted by atomic mass is 9.93. The Morgan fingerprint density at radius 3 is 2.41 bits per heavy atom. The molecule has 4 aromatic rings. The fourth-order valence-corrected chi connectivity index (χ4v) is 4.29. The highest BCUT2D eigenvalue weighted by molar-refractivity contribution is 6.36. The van der Waals surface area contributed by atoms with Crippen LogP contribution in [0.2, 0.25) is 5.02 Å². The van der Waals surface area contributed by atoms with Crippen molar-refractivity contribution in [1.29, 1.82) is 0 Å². The Balaban J connectivity index is 2.00. The second-order valence-electron chi connectivity index (χ2n) is 6.85. The van der Waals surface area contributed by atoms with E-state index in [0.29, 0.717) is 32.4 Å². The summed E-state index contributed by atoms with van der Waals surface area (Å²) < 4.78 is 1.85. The van der Waals surface area contributed by atoms with E-state index in [1.807, 2.05) is 11.6 Å². The number of hydrogen-bond donors (Lipinski definition) is 1. The fourth-order valence-electron chi connectivity index (χ4n) is 4.05. The predicted molar refractivity (Wildman–Crippen MR) is 109 cm³/mol. The maximum atomic E-state index is 12.7. The summed E-state index contributed by atoms with van der Waals surface area (Å²) in [6, 6.07) is 13.4. The van der Waals surface area contributed by atoms with Gasteiger partial charge in [-0.1, -0.05) is 29.8 Å². The van der Waals surface area contributed by atoms with Gasteiger partial charge in [-0.25, -0.2) is 0 Å². The van der Waals surface area contributed by atoms with Gasteiger partial charge in [0.15, 0.2) is 0 Å². The Morgan fingerprint density at radius 2 is 1.69 bits per heavy atom. The van der Waals surface area contributed by atoms with Crippen LogP contribution in [0.25, 0.3) is 32.9 Å². The molecule has 2 heterocycles. The number of aromatic nitrogens is 1. The third-order valence-corrected chi connectivity index (χ3v) is 5.66. The number of rotatable bonds is 2. The van der Waals surface area contributed by atoms with E-state index in [4.69, 9.17) is 11.6 Å². The predicted octanol–water partition coefficient (Wildman–Crippen LogP) is 4.44. The minimum Gasteiger partial charge on any atom is -0.344 e. The number of nitrogens with zero attached hydrogens (tertiary/aromatic N) is 2. The van der Waals surface area contributed by atoms with E-state index in [9.17, 15) is 19.7 Å². The van der Waals surface area contributed by atoms with Crippen molar-refractivity contribution >= 4 is 50.9 Å². The van der Waals surface area contributed by atoms with Crippen molar-refractivity contribution in [2.45, 2.75) is 0 Å². The Bertz CT molecular complexity index is 1420. The number of nitro groups is 1. The molecule has 5 rings (SSSR count). The summed E-state index contributed by atoms with van der Waals surface area (Å²) in [4.78, 5) is 36.2. The van der Waals surface area contributed by atoms with Gasteiger partial charge in [-0.3, -0.25) is 25.0 Å². The summed E-state index contributed by atoms with van der Waals surface area (Å²) >= 11 is 6.37. The average Bonchev–Trinajstić information content (AvgIpc) is 3.15. The first-order valence-electron chi connectivity index (χ1n) is 8.72. The van der Waals surface area contributed by atoms with Crippen molar-refractivity contribution in [2.24, 2.45) is 7.05 Å². The van der Waals surface area contributed by atoms with Crippen LogP contribution in [0.1, 0.15) is 20.7 Å². The molecule has 0 radical (unpaired) electrons. The van der Waals surface area contributed by atoms with Crippen LogP contribution < -0.4 is 5.32 Å². The van der Waals surface area contributed by atoms with Crippen molar-refractivity contribution in [3.8, 4) is 11.1 Å². The van der Waals surface area contributed by atoms with Crippen LogP contribution >= 0.6 is 11.6 Å². The highest BCUT2D eigenvalue weighted by Gasteiger charge is 2.34. The van der Waals surface area contributed by atoms with Gasteiger partial charge in [0.25, 0.3) is 17.5 Å². The lowest BCUT2D eigenvalue weighted by molar-refractivity contribution is -0.384. The average molecular weight is 406 g/mol. The van der Waals surface area contributed by atoms with E-state index in [1.54, 1.807) is 36.4 Å². The van der Waals surface area contributed by atoms with E-state index in [-0.39, 0.29) is 16.8 Å². The number of carbonyl (C=O) groups is 2. The molecule has 0 aliphatic carbocycles. The molecule has 8 heteroatoms. The second kappa shape index (κ2) is 5.89. The van der Waals surface area contributed by atoms with E-state index in [0.717, 1.165) is 5.52 Å². The smallest absolute Gasteiger partial charge is 0.270 e. The Morgan fingerprint density at radius 1 is 0.966 bits per heavy atom. The first-order chi connectivity index (χ1) is 13.9. The van der Waals surface area contributed by atoms with Gasteiger partial charge in [0.05, 0.1) is 21.6 Å². The monoisotopic (exact) mass is 405 g/mol. The largest absolute Gasteiger partial charge is 0.344 e. The van der Waals surface area contributed by atoms with Crippen LogP contribution in [0.15, 0.2) is 48.5 Å². The number of halogens is 1. The minimum atomic E-state index is -0.525. The molecule has 3 aromatic carbocycles. The summed E-state index contributed by atoms with van der Waals surface area (Å²) in [6.45, 7) is 0. The van der Waals surface area contributed by atoms with Gasteiger partial charge in [-0.05, 0) is 23.8 Å². The summed E-state index contributed by atoms with van der Waals surface area (Å²) in [5, 5.41) is 15.1. The third kappa shape index (κ3) is 2.31. The van der Waals surface area contributed by atoms with Crippen molar-refractivity contribution in [1.82, 2.24) is 9.88 Å². The van der Waals surface area contributed by atoms with Gasteiger partial charge in [-0.15, -0.1) is 0 Å². The Kier molecular flexibility index (Phi) is 3.53. The number of imide groups is 1. The molecule has 0 fully saturated rings. The molecular weight excluding hydrogens is 394 g/mol. The summed E-state index contributed by atoms with van der Waals surface area (Å²) in [6.07, 6.45) is 0. The fraction of sp³-hybridized carbons (Fsp3) is 0.0476. The summed E-state index contributed by atoms with van der Waals surface area (Å²) in [5.41, 5.74) is 2.94. The zero-order valence-electron chi connectivity index (χ0n) is 15.0. The van der Waals surface area contributed by atoms with Crippen LogP contribution in [-0.4, -0.2) is 21.3 Å². The van der Waals surface area contributed by atoms with E-state index in [1.165, 1.54) is 12.1 Å². The molecule has 29 heavy (non-hydrogen) atoms. The first kappa shape index (κ1) is 17.4. The van der Waals surface area contributed by atoms with Gasteiger partial charge >= 0.3 is 0 Å². The highest BCUT2D eigenvalue weighted by atomic mass is 35.5. The molecule has 1 aliphatic rings. The van der Waals surface area contributed by atoms with Gasteiger partial charge in [0, 0.05) is 46.1 Å². The molecule has 2 amide bonds. The van der Waals surface area contributed by atoms with Gasteiger partial charge in [-0.2, -0.15) is 0 Å². The number of amides is 2. The summed E-state index contributed by atoms with van der Waals surface area (Å²) in [5.74, 6) is -1.04. The van der Waals surface area contributed by atoms with Crippen LogP contribution in [0.4, 0.5) is 5.69 Å². The van der Waals surface area contributed by atoms with Crippen molar-refractivity contribution in [3.63, 3.8) is 0 Å². The summed E-state index contributed by atoms with van der Waals surface area (Å²) in [7, 11) is 1.81. The molecule has 0 atom stereocenters. The maximum absolute atomic E-state index is 12.7. The number of non-ortho nitro benzene ring substituents is 1. The van der Waals surface area contributed by atoms with Crippen LogP contribution in [0.5, 0.6) is 0 Å². The normalized spacial score (nSPS) is 13.2. The van der Waals surface area contributed by atoms with Crippen LogP contribution in [0.3, 0.4) is 0 Å². The van der Waals surface area contributed by atoms with E-state index < -0.39 is 16.7 Å².